The number of halogens is 3. The van der Waals surface area contributed by atoms with Gasteiger partial charge < -0.3 is 9.80 Å². The molecule has 4 aromatic rings. The van der Waals surface area contributed by atoms with Crippen LogP contribution >= 0.6 is 0 Å². The number of benzene rings is 3. The lowest BCUT2D eigenvalue weighted by Crippen LogP contribution is -2.47. The van der Waals surface area contributed by atoms with E-state index in [2.05, 4.69) is 20.9 Å². The molecule has 0 saturated carbocycles. The van der Waals surface area contributed by atoms with Crippen LogP contribution in [0.1, 0.15) is 30.0 Å². The van der Waals surface area contributed by atoms with Crippen molar-refractivity contribution in [1.29, 1.82) is 0 Å². The molecule has 192 valence electrons. The van der Waals surface area contributed by atoms with E-state index in [1.807, 2.05) is 48.7 Å². The first-order valence-electron chi connectivity index (χ1n) is 12.9. The molecule has 2 aliphatic rings. The first-order valence-corrected chi connectivity index (χ1v) is 12.9. The maximum Gasteiger partial charge on any atom is 0.146 e. The number of hydrogen-bond donors (Lipinski definition) is 0. The summed E-state index contributed by atoms with van der Waals surface area (Å²) in [5, 5.41) is 0. The molecule has 3 aromatic carbocycles. The fraction of sp³-hybridized carbons (Fsp3) is 0.226. The third-order valence-corrected chi connectivity index (χ3v) is 7.39. The van der Waals surface area contributed by atoms with Crippen molar-refractivity contribution in [3.63, 3.8) is 0 Å². The molecule has 0 bridgehead atoms. The van der Waals surface area contributed by atoms with Crippen molar-refractivity contribution in [2.24, 2.45) is 4.99 Å². The van der Waals surface area contributed by atoms with Crippen molar-refractivity contribution in [1.82, 2.24) is 4.98 Å². The van der Waals surface area contributed by atoms with Crippen LogP contribution in [0.25, 0.3) is 11.1 Å². The third-order valence-electron chi connectivity index (χ3n) is 7.39. The zero-order valence-corrected chi connectivity index (χ0v) is 20.8. The van der Waals surface area contributed by atoms with Gasteiger partial charge in [0.15, 0.2) is 0 Å². The number of nitrogens with zero attached hydrogens (tertiary/aromatic N) is 4. The Bertz CT molecular complexity index is 1440. The Hall–Kier alpha value is -4.13. The molecule has 6 rings (SSSR count). The molecule has 7 heteroatoms. The molecule has 1 unspecified atom stereocenters. The van der Waals surface area contributed by atoms with Gasteiger partial charge >= 0.3 is 0 Å². The van der Waals surface area contributed by atoms with Crippen molar-refractivity contribution in [2.45, 2.75) is 18.9 Å². The number of anilines is 2. The highest BCUT2D eigenvalue weighted by Gasteiger charge is 2.24. The van der Waals surface area contributed by atoms with E-state index in [4.69, 9.17) is 4.98 Å². The topological polar surface area (TPSA) is 31.7 Å². The summed E-state index contributed by atoms with van der Waals surface area (Å²) in [5.74, 6) is -0.411. The van der Waals surface area contributed by atoms with Crippen LogP contribution in [0, 0.1) is 17.5 Å². The second kappa shape index (κ2) is 10.3. The molecular weight excluding hydrogens is 485 g/mol. The molecular formula is C31H27F3N4. The second-order valence-corrected chi connectivity index (χ2v) is 9.68. The number of para-hydroxylation sites is 1. The predicted molar refractivity (Wildman–Crippen MR) is 145 cm³/mol. The minimum atomic E-state index is -0.567. The van der Waals surface area contributed by atoms with E-state index in [9.17, 15) is 13.2 Å². The summed E-state index contributed by atoms with van der Waals surface area (Å²) in [5.41, 5.74) is 4.21. The lowest BCUT2D eigenvalue weighted by Gasteiger charge is -2.36. The number of rotatable bonds is 5. The molecule has 0 N–H and O–H groups in total. The average Bonchev–Trinajstić information content (AvgIpc) is 3.43. The number of hydrogen-bond acceptors (Lipinski definition) is 4. The maximum atomic E-state index is 14.2. The molecule has 1 saturated heterocycles. The Labute approximate surface area is 220 Å². The molecule has 0 spiro atoms. The summed E-state index contributed by atoms with van der Waals surface area (Å²) in [6, 6.07) is 22.9. The predicted octanol–water partition coefficient (Wildman–Crippen LogP) is 6.82. The molecule has 1 atom stereocenters. The van der Waals surface area contributed by atoms with E-state index in [0.717, 1.165) is 55.1 Å². The molecule has 3 heterocycles. The van der Waals surface area contributed by atoms with Gasteiger partial charge in [-0.1, -0.05) is 42.5 Å². The highest BCUT2D eigenvalue weighted by atomic mass is 19.1. The van der Waals surface area contributed by atoms with E-state index >= 15 is 0 Å². The Morgan fingerprint density at radius 3 is 2.00 bits per heavy atom. The monoisotopic (exact) mass is 512 g/mol. The van der Waals surface area contributed by atoms with Crippen LogP contribution in [-0.4, -0.2) is 36.9 Å². The first-order chi connectivity index (χ1) is 18.6. The molecule has 1 aromatic heterocycles. The van der Waals surface area contributed by atoms with E-state index in [-0.39, 0.29) is 17.4 Å². The van der Waals surface area contributed by atoms with Crippen LogP contribution in [0.5, 0.6) is 0 Å². The van der Waals surface area contributed by atoms with Crippen LogP contribution in [0.4, 0.5) is 24.7 Å². The molecule has 38 heavy (non-hydrogen) atoms. The fourth-order valence-electron chi connectivity index (χ4n) is 5.32. The molecule has 0 amide bonds. The molecule has 0 aliphatic carbocycles. The standard InChI is InChI=1S/C31H27F3N4/c32-24-4-1-2-7-29(24)37-16-18-38(19-17-37)30-15-12-23(20-35-30)21-8-10-22(11-9-21)27-13-14-28(36-27)31-25(33)5-3-6-26(31)34/h1-12,15,20,27H,13-14,16-19H2. The van der Waals surface area contributed by atoms with Crippen LogP contribution < -0.4 is 9.80 Å². The van der Waals surface area contributed by atoms with Crippen LogP contribution in [-0.2, 0) is 0 Å². The van der Waals surface area contributed by atoms with Gasteiger partial charge in [0, 0.05) is 43.7 Å². The zero-order chi connectivity index (χ0) is 26.1. The van der Waals surface area contributed by atoms with Crippen molar-refractivity contribution >= 4 is 17.2 Å². The number of piperazine rings is 1. The van der Waals surface area contributed by atoms with Gasteiger partial charge in [-0.05, 0) is 60.4 Å². The SMILES string of the molecule is Fc1ccccc1N1CCN(c2ccc(-c3ccc(C4CCC(c5c(F)cccc5F)=N4)cc3)cn2)CC1. The van der Waals surface area contributed by atoms with E-state index in [1.165, 1.54) is 24.3 Å². The number of pyridine rings is 1. The van der Waals surface area contributed by atoms with Gasteiger partial charge in [-0.25, -0.2) is 18.2 Å². The molecule has 4 nitrogen and oxygen atoms in total. The normalized spacial score (nSPS) is 17.6. The summed E-state index contributed by atoms with van der Waals surface area (Å²) in [6.07, 6.45) is 3.15. The minimum Gasteiger partial charge on any atom is -0.366 e. The largest absolute Gasteiger partial charge is 0.366 e. The Balaban J connectivity index is 1.11. The highest BCUT2D eigenvalue weighted by molar-refractivity contribution is 6.02. The average molecular weight is 513 g/mol. The second-order valence-electron chi connectivity index (χ2n) is 9.68. The van der Waals surface area contributed by atoms with Crippen LogP contribution in [0.2, 0.25) is 0 Å². The lowest BCUT2D eigenvalue weighted by atomic mass is 10.00. The van der Waals surface area contributed by atoms with Crippen molar-refractivity contribution in [2.75, 3.05) is 36.0 Å². The molecule has 1 fully saturated rings. The van der Waals surface area contributed by atoms with E-state index in [0.29, 0.717) is 17.8 Å². The smallest absolute Gasteiger partial charge is 0.146 e. The summed E-state index contributed by atoms with van der Waals surface area (Å²) >= 11 is 0. The van der Waals surface area contributed by atoms with Crippen molar-refractivity contribution in [3.8, 4) is 11.1 Å². The number of aromatic nitrogens is 1. The third kappa shape index (κ3) is 4.76. The Morgan fingerprint density at radius 1 is 0.658 bits per heavy atom. The van der Waals surface area contributed by atoms with Gasteiger partial charge in [-0.2, -0.15) is 0 Å². The fourth-order valence-corrected chi connectivity index (χ4v) is 5.32. The summed E-state index contributed by atoms with van der Waals surface area (Å²) in [6.45, 7) is 3.02. The van der Waals surface area contributed by atoms with Crippen molar-refractivity contribution < 1.29 is 13.2 Å². The van der Waals surface area contributed by atoms with Crippen molar-refractivity contribution in [3.05, 3.63) is 114 Å². The minimum absolute atomic E-state index is 0.00794. The Morgan fingerprint density at radius 2 is 1.32 bits per heavy atom. The summed E-state index contributed by atoms with van der Waals surface area (Å²) in [7, 11) is 0. The van der Waals surface area contributed by atoms with Crippen LogP contribution in [0.15, 0.2) is 90.1 Å². The van der Waals surface area contributed by atoms with Gasteiger partial charge in [0.1, 0.15) is 23.3 Å². The maximum absolute atomic E-state index is 14.2. The van der Waals surface area contributed by atoms with E-state index in [1.54, 1.807) is 6.07 Å². The number of aliphatic imine (C=N–C) groups is 1. The molecule has 2 aliphatic heterocycles. The Kier molecular flexibility index (Phi) is 6.58. The van der Waals surface area contributed by atoms with Gasteiger partial charge in [0.2, 0.25) is 0 Å². The first kappa shape index (κ1) is 24.2. The van der Waals surface area contributed by atoms with Gasteiger partial charge in [-0.3, -0.25) is 4.99 Å². The zero-order valence-electron chi connectivity index (χ0n) is 20.8. The van der Waals surface area contributed by atoms with Gasteiger partial charge in [-0.15, -0.1) is 0 Å². The van der Waals surface area contributed by atoms with Gasteiger partial charge in [0.05, 0.1) is 17.3 Å². The highest BCUT2D eigenvalue weighted by Crippen LogP contribution is 2.33. The van der Waals surface area contributed by atoms with Crippen LogP contribution in [0.3, 0.4) is 0 Å². The quantitative estimate of drug-likeness (QED) is 0.294. The summed E-state index contributed by atoms with van der Waals surface area (Å²) < 4.78 is 42.5. The molecule has 0 radical (unpaired) electrons. The van der Waals surface area contributed by atoms with Gasteiger partial charge in [0.25, 0.3) is 0 Å². The van der Waals surface area contributed by atoms with E-state index < -0.39 is 11.6 Å². The summed E-state index contributed by atoms with van der Waals surface area (Å²) in [4.78, 5) is 13.6. The lowest BCUT2D eigenvalue weighted by molar-refractivity contribution is 0.578.